The lowest BCUT2D eigenvalue weighted by Gasteiger charge is -2.26. The number of hydrogen-bond donors (Lipinski definition) is 0. The van der Waals surface area contributed by atoms with Crippen LogP contribution >= 0.6 is 11.3 Å². The van der Waals surface area contributed by atoms with Gasteiger partial charge in [0.15, 0.2) is 5.82 Å². The van der Waals surface area contributed by atoms with E-state index >= 15 is 0 Å². The van der Waals surface area contributed by atoms with Crippen LogP contribution in [0, 0.1) is 0 Å². The van der Waals surface area contributed by atoms with Gasteiger partial charge in [0, 0.05) is 13.1 Å². The summed E-state index contributed by atoms with van der Waals surface area (Å²) in [4.78, 5) is 14.7. The Bertz CT molecular complexity index is 505. The second-order valence-electron chi connectivity index (χ2n) is 3.64. The van der Waals surface area contributed by atoms with Crippen molar-refractivity contribution in [3.8, 4) is 0 Å². The molecule has 0 bridgehead atoms. The zero-order valence-electron chi connectivity index (χ0n) is 8.54. The highest BCUT2D eigenvalue weighted by molar-refractivity contribution is 7.12. The Balaban J connectivity index is 1.81. The van der Waals surface area contributed by atoms with E-state index in [0.717, 1.165) is 23.8 Å². The fraction of sp³-hybridized carbons (Fsp3) is 0.300. The second-order valence-corrected chi connectivity index (χ2v) is 4.59. The molecule has 0 radical (unpaired) electrons. The summed E-state index contributed by atoms with van der Waals surface area (Å²) in [7, 11) is 0. The van der Waals surface area contributed by atoms with E-state index in [1.807, 2.05) is 27.0 Å². The van der Waals surface area contributed by atoms with E-state index in [-0.39, 0.29) is 5.91 Å². The van der Waals surface area contributed by atoms with Crippen molar-refractivity contribution in [2.24, 2.45) is 0 Å². The van der Waals surface area contributed by atoms with Crippen molar-refractivity contribution >= 4 is 17.2 Å². The molecule has 6 heteroatoms. The SMILES string of the molecule is O=C(c1cccs1)N1CCn2cnnc2C1. The summed E-state index contributed by atoms with van der Waals surface area (Å²) < 4.78 is 1.98. The minimum absolute atomic E-state index is 0.0873. The molecular weight excluding hydrogens is 224 g/mol. The molecule has 0 fully saturated rings. The van der Waals surface area contributed by atoms with Crippen LogP contribution in [0.4, 0.5) is 0 Å². The van der Waals surface area contributed by atoms with Crippen LogP contribution < -0.4 is 0 Å². The van der Waals surface area contributed by atoms with Gasteiger partial charge >= 0.3 is 0 Å². The van der Waals surface area contributed by atoms with Crippen LogP contribution in [0.5, 0.6) is 0 Å². The Morgan fingerprint density at radius 3 is 3.19 bits per heavy atom. The normalized spacial score (nSPS) is 14.9. The molecular formula is C10H10N4OS. The first-order valence-corrected chi connectivity index (χ1v) is 5.92. The van der Waals surface area contributed by atoms with Gasteiger partial charge in [-0.3, -0.25) is 4.79 Å². The zero-order valence-corrected chi connectivity index (χ0v) is 9.35. The summed E-state index contributed by atoms with van der Waals surface area (Å²) in [6.07, 6.45) is 1.71. The lowest BCUT2D eigenvalue weighted by Crippen LogP contribution is -2.37. The molecule has 0 atom stereocenters. The maximum absolute atomic E-state index is 12.1. The number of carbonyl (C=O) groups excluding carboxylic acids is 1. The van der Waals surface area contributed by atoms with Crippen molar-refractivity contribution in [2.45, 2.75) is 13.1 Å². The number of nitrogens with zero attached hydrogens (tertiary/aromatic N) is 4. The van der Waals surface area contributed by atoms with Crippen molar-refractivity contribution in [3.05, 3.63) is 34.5 Å². The molecule has 82 valence electrons. The Kier molecular flexibility index (Phi) is 2.21. The predicted octanol–water partition coefficient (Wildman–Crippen LogP) is 0.996. The molecule has 5 nitrogen and oxygen atoms in total. The highest BCUT2D eigenvalue weighted by Gasteiger charge is 2.23. The third kappa shape index (κ3) is 1.51. The summed E-state index contributed by atoms with van der Waals surface area (Å²) in [5.41, 5.74) is 0. The summed E-state index contributed by atoms with van der Waals surface area (Å²) in [6.45, 7) is 2.05. The zero-order chi connectivity index (χ0) is 11.0. The standard InChI is InChI=1S/C10H10N4OS/c15-10(8-2-1-5-16-8)13-3-4-14-7-11-12-9(14)6-13/h1-2,5,7H,3-4,6H2. The van der Waals surface area contributed by atoms with E-state index in [1.165, 1.54) is 11.3 Å². The topological polar surface area (TPSA) is 51.0 Å². The predicted molar refractivity (Wildman–Crippen MR) is 59.1 cm³/mol. The molecule has 0 aromatic carbocycles. The van der Waals surface area contributed by atoms with E-state index in [0.29, 0.717) is 6.54 Å². The smallest absolute Gasteiger partial charge is 0.264 e. The maximum atomic E-state index is 12.1. The van der Waals surface area contributed by atoms with Gasteiger partial charge in [-0.15, -0.1) is 21.5 Å². The first kappa shape index (κ1) is 9.53. The molecule has 1 amide bonds. The Morgan fingerprint density at radius 2 is 2.38 bits per heavy atom. The van der Waals surface area contributed by atoms with Crippen LogP contribution in [-0.2, 0) is 13.1 Å². The summed E-state index contributed by atoms with van der Waals surface area (Å²) in [6, 6.07) is 3.75. The Hall–Kier alpha value is -1.69. The number of amides is 1. The van der Waals surface area contributed by atoms with Crippen LogP contribution in [0.1, 0.15) is 15.5 Å². The van der Waals surface area contributed by atoms with Gasteiger partial charge < -0.3 is 9.47 Å². The third-order valence-corrected chi connectivity index (χ3v) is 3.52. The quantitative estimate of drug-likeness (QED) is 0.739. The van der Waals surface area contributed by atoms with Crippen molar-refractivity contribution in [1.29, 1.82) is 0 Å². The van der Waals surface area contributed by atoms with Gasteiger partial charge in [0.05, 0.1) is 11.4 Å². The molecule has 16 heavy (non-hydrogen) atoms. The molecule has 3 heterocycles. The number of hydrogen-bond acceptors (Lipinski definition) is 4. The van der Waals surface area contributed by atoms with Gasteiger partial charge in [-0.1, -0.05) is 6.07 Å². The van der Waals surface area contributed by atoms with E-state index in [4.69, 9.17) is 0 Å². The molecule has 2 aromatic heterocycles. The van der Waals surface area contributed by atoms with Gasteiger partial charge in [0.2, 0.25) is 0 Å². The van der Waals surface area contributed by atoms with Crippen molar-refractivity contribution < 1.29 is 4.79 Å². The monoisotopic (exact) mass is 234 g/mol. The fourth-order valence-electron chi connectivity index (χ4n) is 1.80. The largest absolute Gasteiger partial charge is 0.329 e. The second kappa shape index (κ2) is 3.71. The lowest BCUT2D eigenvalue weighted by molar-refractivity contribution is 0.0712. The molecule has 1 aliphatic rings. The summed E-state index contributed by atoms with van der Waals surface area (Å²) in [5, 5.41) is 9.75. The van der Waals surface area contributed by atoms with E-state index < -0.39 is 0 Å². The highest BCUT2D eigenvalue weighted by Crippen LogP contribution is 2.16. The number of rotatable bonds is 1. The molecule has 0 saturated carbocycles. The molecule has 3 rings (SSSR count). The van der Waals surface area contributed by atoms with Gasteiger partial charge in [-0.25, -0.2) is 0 Å². The molecule has 0 spiro atoms. The molecule has 0 aliphatic carbocycles. The van der Waals surface area contributed by atoms with Gasteiger partial charge in [-0.2, -0.15) is 0 Å². The lowest BCUT2D eigenvalue weighted by atomic mass is 10.3. The molecule has 0 unspecified atom stereocenters. The van der Waals surface area contributed by atoms with Gasteiger partial charge in [0.25, 0.3) is 5.91 Å². The van der Waals surface area contributed by atoms with Crippen LogP contribution in [-0.4, -0.2) is 32.1 Å². The molecule has 0 N–H and O–H groups in total. The van der Waals surface area contributed by atoms with Crippen molar-refractivity contribution in [2.75, 3.05) is 6.54 Å². The Morgan fingerprint density at radius 1 is 1.44 bits per heavy atom. The van der Waals surface area contributed by atoms with Crippen LogP contribution in [0.2, 0.25) is 0 Å². The van der Waals surface area contributed by atoms with Crippen molar-refractivity contribution in [1.82, 2.24) is 19.7 Å². The molecule has 0 saturated heterocycles. The third-order valence-electron chi connectivity index (χ3n) is 2.66. The van der Waals surface area contributed by atoms with Gasteiger partial charge in [-0.05, 0) is 11.4 Å². The fourth-order valence-corrected chi connectivity index (χ4v) is 2.49. The van der Waals surface area contributed by atoms with E-state index in [1.54, 1.807) is 6.33 Å². The average molecular weight is 234 g/mol. The molecule has 2 aromatic rings. The minimum Gasteiger partial charge on any atom is -0.329 e. The molecule has 1 aliphatic heterocycles. The van der Waals surface area contributed by atoms with Crippen LogP contribution in [0.25, 0.3) is 0 Å². The van der Waals surface area contributed by atoms with Crippen LogP contribution in [0.3, 0.4) is 0 Å². The maximum Gasteiger partial charge on any atom is 0.264 e. The van der Waals surface area contributed by atoms with Crippen LogP contribution in [0.15, 0.2) is 23.8 Å². The van der Waals surface area contributed by atoms with Crippen molar-refractivity contribution in [3.63, 3.8) is 0 Å². The first-order valence-electron chi connectivity index (χ1n) is 5.04. The minimum atomic E-state index is 0.0873. The van der Waals surface area contributed by atoms with E-state index in [2.05, 4.69) is 10.2 Å². The number of aromatic nitrogens is 3. The highest BCUT2D eigenvalue weighted by atomic mass is 32.1. The number of fused-ring (bicyclic) bond motifs is 1. The number of thiophene rings is 1. The number of carbonyl (C=O) groups is 1. The average Bonchev–Trinajstić information content (AvgIpc) is 2.98. The summed E-state index contributed by atoms with van der Waals surface area (Å²) >= 11 is 1.47. The van der Waals surface area contributed by atoms with Gasteiger partial charge in [0.1, 0.15) is 6.33 Å². The first-order chi connectivity index (χ1) is 7.84. The summed E-state index contributed by atoms with van der Waals surface area (Å²) in [5.74, 6) is 0.945. The van der Waals surface area contributed by atoms with E-state index in [9.17, 15) is 4.79 Å². The Labute approximate surface area is 96.3 Å².